The Balaban J connectivity index is 2.30. The van der Waals surface area contributed by atoms with Crippen LogP contribution in [0.5, 0.6) is 5.75 Å². The molecule has 0 saturated heterocycles. The van der Waals surface area contributed by atoms with Gasteiger partial charge in [0.1, 0.15) is 12.4 Å². The van der Waals surface area contributed by atoms with Gasteiger partial charge in [-0.15, -0.1) is 0 Å². The molecule has 0 bridgehead atoms. The van der Waals surface area contributed by atoms with E-state index in [4.69, 9.17) is 21.4 Å². The second-order valence-electron chi connectivity index (χ2n) is 4.28. The summed E-state index contributed by atoms with van der Waals surface area (Å²) in [5, 5.41) is 9.38. The van der Waals surface area contributed by atoms with Crippen LogP contribution in [0, 0.1) is 5.92 Å². The lowest BCUT2D eigenvalue weighted by Gasteiger charge is -2.19. The number of ether oxygens (including phenoxy) is 1. The molecule has 0 spiro atoms. The SMILES string of the molecule is CC(CN(C)CCOc1ccccc1Cl)C(=O)O. The van der Waals surface area contributed by atoms with Gasteiger partial charge in [-0.3, -0.25) is 4.79 Å². The third-order valence-electron chi connectivity index (χ3n) is 2.57. The Morgan fingerprint density at radius 3 is 2.78 bits per heavy atom. The molecule has 0 heterocycles. The zero-order valence-corrected chi connectivity index (χ0v) is 11.4. The minimum absolute atomic E-state index is 0.379. The predicted octanol–water partition coefficient (Wildman–Crippen LogP) is 2.37. The smallest absolute Gasteiger partial charge is 0.307 e. The molecule has 5 heteroatoms. The number of benzene rings is 1. The van der Waals surface area contributed by atoms with Crippen LogP contribution in [0.2, 0.25) is 5.02 Å². The first kappa shape index (κ1) is 14.8. The molecular formula is C13H18ClNO3. The summed E-state index contributed by atoms with van der Waals surface area (Å²) in [5.74, 6) is -0.511. The Bertz CT molecular complexity index is 398. The maximum Gasteiger partial charge on any atom is 0.307 e. The standard InChI is InChI=1S/C13H18ClNO3/c1-10(13(16)17)9-15(2)7-8-18-12-6-4-3-5-11(12)14/h3-6,10H,7-9H2,1-2H3,(H,16,17). The first-order valence-corrected chi connectivity index (χ1v) is 6.17. The van der Waals surface area contributed by atoms with E-state index in [9.17, 15) is 4.79 Å². The summed E-state index contributed by atoms with van der Waals surface area (Å²) < 4.78 is 5.53. The Kier molecular flexibility index (Phi) is 5.95. The van der Waals surface area contributed by atoms with Gasteiger partial charge in [0.05, 0.1) is 10.9 Å². The van der Waals surface area contributed by atoms with E-state index in [0.29, 0.717) is 30.5 Å². The van der Waals surface area contributed by atoms with Crippen LogP contribution in [-0.2, 0) is 4.79 Å². The number of likely N-dealkylation sites (N-methyl/N-ethyl adjacent to an activating group) is 1. The van der Waals surface area contributed by atoms with Crippen molar-refractivity contribution in [2.75, 3.05) is 26.7 Å². The largest absolute Gasteiger partial charge is 0.491 e. The fraction of sp³-hybridized carbons (Fsp3) is 0.462. The molecule has 1 aromatic carbocycles. The van der Waals surface area contributed by atoms with Crippen molar-refractivity contribution in [2.24, 2.45) is 5.92 Å². The van der Waals surface area contributed by atoms with Crippen molar-refractivity contribution in [3.8, 4) is 5.75 Å². The molecule has 0 saturated carbocycles. The minimum Gasteiger partial charge on any atom is -0.491 e. The quantitative estimate of drug-likeness (QED) is 0.827. The van der Waals surface area contributed by atoms with Crippen molar-refractivity contribution >= 4 is 17.6 Å². The molecular weight excluding hydrogens is 254 g/mol. The molecule has 1 rings (SSSR count). The summed E-state index contributed by atoms with van der Waals surface area (Å²) in [5.41, 5.74) is 0. The highest BCUT2D eigenvalue weighted by Crippen LogP contribution is 2.22. The Morgan fingerprint density at radius 1 is 1.50 bits per heavy atom. The zero-order chi connectivity index (χ0) is 13.5. The average Bonchev–Trinajstić information content (AvgIpc) is 2.31. The fourth-order valence-corrected chi connectivity index (χ4v) is 1.70. The van der Waals surface area contributed by atoms with Gasteiger partial charge in [0.2, 0.25) is 0 Å². The van der Waals surface area contributed by atoms with Crippen LogP contribution in [0.25, 0.3) is 0 Å². The topological polar surface area (TPSA) is 49.8 Å². The Labute approximate surface area is 112 Å². The lowest BCUT2D eigenvalue weighted by atomic mass is 10.2. The van der Waals surface area contributed by atoms with Crippen molar-refractivity contribution < 1.29 is 14.6 Å². The van der Waals surface area contributed by atoms with Crippen molar-refractivity contribution in [3.05, 3.63) is 29.3 Å². The molecule has 4 nitrogen and oxygen atoms in total. The van der Waals surface area contributed by atoms with Gasteiger partial charge >= 0.3 is 5.97 Å². The van der Waals surface area contributed by atoms with Crippen LogP contribution in [0.4, 0.5) is 0 Å². The molecule has 0 aliphatic carbocycles. The number of rotatable bonds is 7. The van der Waals surface area contributed by atoms with Crippen LogP contribution in [0.3, 0.4) is 0 Å². The van der Waals surface area contributed by atoms with Crippen molar-refractivity contribution in [1.82, 2.24) is 4.90 Å². The third kappa shape index (κ3) is 4.94. The molecule has 18 heavy (non-hydrogen) atoms. The van der Waals surface area contributed by atoms with E-state index >= 15 is 0 Å². The van der Waals surface area contributed by atoms with E-state index in [0.717, 1.165) is 0 Å². The molecule has 0 fully saturated rings. The molecule has 0 aromatic heterocycles. The van der Waals surface area contributed by atoms with Crippen LogP contribution in [0.1, 0.15) is 6.92 Å². The van der Waals surface area contributed by atoms with E-state index in [-0.39, 0.29) is 5.92 Å². The molecule has 1 aromatic rings. The molecule has 0 aliphatic rings. The van der Waals surface area contributed by atoms with Gasteiger partial charge in [-0.05, 0) is 19.2 Å². The summed E-state index contributed by atoms with van der Waals surface area (Å²) in [7, 11) is 1.87. The van der Waals surface area contributed by atoms with Crippen LogP contribution in [0.15, 0.2) is 24.3 Å². The highest BCUT2D eigenvalue weighted by molar-refractivity contribution is 6.32. The van der Waals surface area contributed by atoms with Crippen LogP contribution >= 0.6 is 11.6 Å². The van der Waals surface area contributed by atoms with Gasteiger partial charge in [0.25, 0.3) is 0 Å². The number of aliphatic carboxylic acids is 1. The summed E-state index contributed by atoms with van der Waals surface area (Å²) in [6.07, 6.45) is 0. The maximum atomic E-state index is 10.7. The van der Waals surface area contributed by atoms with Crippen LogP contribution in [-0.4, -0.2) is 42.7 Å². The average molecular weight is 272 g/mol. The van der Waals surface area contributed by atoms with Crippen molar-refractivity contribution in [3.63, 3.8) is 0 Å². The molecule has 0 radical (unpaired) electrons. The number of nitrogens with zero attached hydrogens (tertiary/aromatic N) is 1. The number of carboxylic acid groups (broad SMARTS) is 1. The Hall–Kier alpha value is -1.26. The van der Waals surface area contributed by atoms with Gasteiger partial charge in [-0.25, -0.2) is 0 Å². The molecule has 1 N–H and O–H groups in total. The van der Waals surface area contributed by atoms with Gasteiger partial charge in [-0.2, -0.15) is 0 Å². The summed E-state index contributed by atoms with van der Waals surface area (Å²) in [6.45, 7) is 3.32. The Morgan fingerprint density at radius 2 is 2.17 bits per heavy atom. The monoisotopic (exact) mass is 271 g/mol. The fourth-order valence-electron chi connectivity index (χ4n) is 1.51. The van der Waals surface area contributed by atoms with E-state index in [1.54, 1.807) is 13.0 Å². The number of hydrogen-bond acceptors (Lipinski definition) is 3. The van der Waals surface area contributed by atoms with Crippen molar-refractivity contribution in [1.29, 1.82) is 0 Å². The summed E-state index contributed by atoms with van der Waals surface area (Å²) in [6, 6.07) is 7.28. The van der Waals surface area contributed by atoms with E-state index < -0.39 is 5.97 Å². The maximum absolute atomic E-state index is 10.7. The lowest BCUT2D eigenvalue weighted by Crippen LogP contribution is -2.31. The third-order valence-corrected chi connectivity index (χ3v) is 2.89. The number of para-hydroxylation sites is 1. The summed E-state index contributed by atoms with van der Waals surface area (Å²) >= 11 is 5.95. The summed E-state index contributed by atoms with van der Waals surface area (Å²) in [4.78, 5) is 12.6. The normalized spacial score (nSPS) is 12.4. The van der Waals surface area contributed by atoms with Gasteiger partial charge in [0, 0.05) is 13.1 Å². The van der Waals surface area contributed by atoms with E-state index in [1.165, 1.54) is 0 Å². The first-order valence-electron chi connectivity index (χ1n) is 5.79. The van der Waals surface area contributed by atoms with Crippen LogP contribution < -0.4 is 4.74 Å². The number of halogens is 1. The highest BCUT2D eigenvalue weighted by atomic mass is 35.5. The second-order valence-corrected chi connectivity index (χ2v) is 4.69. The molecule has 100 valence electrons. The van der Waals surface area contributed by atoms with Gasteiger partial charge in [-0.1, -0.05) is 30.7 Å². The predicted molar refractivity (Wildman–Crippen MR) is 71.2 cm³/mol. The van der Waals surface area contributed by atoms with Gasteiger partial charge in [0.15, 0.2) is 0 Å². The van der Waals surface area contributed by atoms with E-state index in [2.05, 4.69) is 0 Å². The van der Waals surface area contributed by atoms with Gasteiger partial charge < -0.3 is 14.7 Å². The number of carboxylic acids is 1. The highest BCUT2D eigenvalue weighted by Gasteiger charge is 2.13. The zero-order valence-electron chi connectivity index (χ0n) is 10.6. The number of carbonyl (C=O) groups is 1. The molecule has 1 unspecified atom stereocenters. The van der Waals surface area contributed by atoms with Crippen molar-refractivity contribution in [2.45, 2.75) is 6.92 Å². The molecule has 0 aliphatic heterocycles. The second kappa shape index (κ2) is 7.24. The lowest BCUT2D eigenvalue weighted by molar-refractivity contribution is -0.141. The minimum atomic E-state index is -0.783. The molecule has 1 atom stereocenters. The first-order chi connectivity index (χ1) is 8.50. The number of hydrogen-bond donors (Lipinski definition) is 1. The van der Waals surface area contributed by atoms with E-state index in [1.807, 2.05) is 30.1 Å². The molecule has 0 amide bonds.